The molecular formula is C29H30N6O. The number of fused-ring (bicyclic) bond motifs is 2. The Morgan fingerprint density at radius 1 is 0.917 bits per heavy atom. The lowest BCUT2D eigenvalue weighted by atomic mass is 10.1. The van der Waals surface area contributed by atoms with E-state index in [1.165, 1.54) is 5.56 Å². The van der Waals surface area contributed by atoms with Crippen molar-refractivity contribution < 1.29 is 5.11 Å². The molecule has 182 valence electrons. The maximum Gasteiger partial charge on any atom is 0.196 e. The molecule has 0 spiro atoms. The Balaban J connectivity index is 1.44. The molecule has 5 rings (SSSR count). The molecule has 7 heteroatoms. The van der Waals surface area contributed by atoms with Gasteiger partial charge in [-0.15, -0.1) is 10.2 Å². The molecular weight excluding hydrogens is 448 g/mol. The van der Waals surface area contributed by atoms with E-state index in [0.29, 0.717) is 0 Å². The summed E-state index contributed by atoms with van der Waals surface area (Å²) in [6.07, 6.45) is 9.50. The van der Waals surface area contributed by atoms with Gasteiger partial charge in [0.05, 0.1) is 11.4 Å². The molecule has 0 unspecified atom stereocenters. The van der Waals surface area contributed by atoms with Gasteiger partial charge < -0.3 is 19.9 Å². The van der Waals surface area contributed by atoms with Crippen LogP contribution in [0.4, 0.5) is 5.69 Å². The van der Waals surface area contributed by atoms with Crippen LogP contribution in [0.3, 0.4) is 0 Å². The summed E-state index contributed by atoms with van der Waals surface area (Å²) in [4.78, 5) is 11.6. The number of pyridine rings is 1. The van der Waals surface area contributed by atoms with E-state index >= 15 is 0 Å². The maximum absolute atomic E-state index is 10.7. The Morgan fingerprint density at radius 2 is 1.75 bits per heavy atom. The van der Waals surface area contributed by atoms with Gasteiger partial charge in [0.15, 0.2) is 5.88 Å². The number of hydrogen-bond acceptors (Lipinski definition) is 6. The maximum atomic E-state index is 10.7. The van der Waals surface area contributed by atoms with E-state index in [1.807, 2.05) is 54.6 Å². The van der Waals surface area contributed by atoms with E-state index in [1.54, 1.807) is 12.4 Å². The molecule has 0 fully saturated rings. The normalized spacial score (nSPS) is 13.7. The Hall–Kier alpha value is -4.07. The van der Waals surface area contributed by atoms with Crippen molar-refractivity contribution in [1.29, 1.82) is 0 Å². The molecule has 7 nitrogen and oxygen atoms in total. The molecule has 0 saturated carbocycles. The molecule has 0 saturated heterocycles. The highest BCUT2D eigenvalue weighted by Crippen LogP contribution is 2.29. The molecule has 1 aliphatic heterocycles. The van der Waals surface area contributed by atoms with Gasteiger partial charge in [-0.05, 0) is 86.0 Å². The highest BCUT2D eigenvalue weighted by atomic mass is 16.3. The van der Waals surface area contributed by atoms with Gasteiger partial charge in [-0.1, -0.05) is 18.2 Å². The van der Waals surface area contributed by atoms with Crippen LogP contribution in [0.25, 0.3) is 28.8 Å². The number of aromatic hydroxyl groups is 1. The third-order valence-electron chi connectivity index (χ3n) is 6.28. The van der Waals surface area contributed by atoms with Crippen molar-refractivity contribution in [3.8, 4) is 5.88 Å². The summed E-state index contributed by atoms with van der Waals surface area (Å²) in [5.41, 5.74) is 5.60. The standard InChI is InChI=1S/C29H30N6O/c1-34(2)14-15-35(3)19-22-6-8-26-24(17-22)25(29(36)31-26)16-21-4-7-23-27(32-33-28(23)18-21)9-5-20-10-12-30-13-11-20/h4-13,16-18,31,36H,14-15,19H2,1-3H3/b9-5+,21-16?. The third-order valence-corrected chi connectivity index (χ3v) is 6.28. The molecule has 2 aromatic carbocycles. The van der Waals surface area contributed by atoms with Crippen LogP contribution in [0.1, 0.15) is 16.7 Å². The summed E-state index contributed by atoms with van der Waals surface area (Å²) >= 11 is 0. The monoisotopic (exact) mass is 478 g/mol. The number of likely N-dealkylation sites (N-methyl/N-ethyl adjacent to an activating group) is 2. The van der Waals surface area contributed by atoms with Crippen LogP contribution in [-0.2, 0) is 6.54 Å². The average Bonchev–Trinajstić information content (AvgIpc) is 3.42. The molecule has 1 aliphatic rings. The summed E-state index contributed by atoms with van der Waals surface area (Å²) in [6, 6.07) is 16.3. The average molecular weight is 479 g/mol. The van der Waals surface area contributed by atoms with E-state index < -0.39 is 0 Å². The number of hydrogen-bond donors (Lipinski definition) is 2. The number of nitrogens with zero attached hydrogens (tertiary/aromatic N) is 5. The fourth-order valence-electron chi connectivity index (χ4n) is 4.29. The minimum absolute atomic E-state index is 0.165. The topological polar surface area (TPSA) is 80.1 Å². The lowest BCUT2D eigenvalue weighted by Crippen LogP contribution is -2.28. The second kappa shape index (κ2) is 10.3. The fraction of sp³-hybridized carbons (Fsp3) is 0.207. The van der Waals surface area contributed by atoms with Crippen LogP contribution in [0.2, 0.25) is 0 Å². The van der Waals surface area contributed by atoms with Crippen molar-refractivity contribution in [3.63, 3.8) is 0 Å². The molecule has 0 radical (unpaired) electrons. The van der Waals surface area contributed by atoms with Gasteiger partial charge in [0, 0.05) is 53.7 Å². The summed E-state index contributed by atoms with van der Waals surface area (Å²) in [5, 5.41) is 22.3. The van der Waals surface area contributed by atoms with Crippen molar-refractivity contribution in [2.24, 2.45) is 10.2 Å². The van der Waals surface area contributed by atoms with Crippen molar-refractivity contribution in [3.05, 3.63) is 94.1 Å². The van der Waals surface area contributed by atoms with E-state index in [2.05, 4.69) is 63.3 Å². The Kier molecular flexibility index (Phi) is 6.75. The lowest BCUT2D eigenvalue weighted by Gasteiger charge is -2.19. The first-order valence-electron chi connectivity index (χ1n) is 12.0. The van der Waals surface area contributed by atoms with Crippen LogP contribution in [0, 0.1) is 0 Å². The summed E-state index contributed by atoms with van der Waals surface area (Å²) in [6.45, 7) is 2.85. The van der Waals surface area contributed by atoms with Crippen molar-refractivity contribution in [2.75, 3.05) is 34.2 Å². The smallest absolute Gasteiger partial charge is 0.196 e. The summed E-state index contributed by atoms with van der Waals surface area (Å²) in [5.74, 6) is 0.165. The first-order chi connectivity index (χ1) is 17.5. The molecule has 36 heavy (non-hydrogen) atoms. The SMILES string of the molecule is CN(C)CCN(C)Cc1ccc2[nH]c(O)c(C=c3ccc4c(c3)N=NC=4/C=C/c3ccncc3)c2c1. The number of rotatable bonds is 8. The van der Waals surface area contributed by atoms with Crippen molar-refractivity contribution >= 4 is 34.4 Å². The number of aromatic nitrogens is 2. The van der Waals surface area contributed by atoms with E-state index in [9.17, 15) is 5.11 Å². The number of benzene rings is 2. The van der Waals surface area contributed by atoms with Gasteiger partial charge in [-0.25, -0.2) is 0 Å². The Bertz CT molecular complexity index is 1570. The molecule has 3 heterocycles. The zero-order chi connectivity index (χ0) is 25.1. The number of nitrogens with one attached hydrogen (secondary N) is 1. The van der Waals surface area contributed by atoms with Gasteiger partial charge >= 0.3 is 0 Å². The van der Waals surface area contributed by atoms with Crippen LogP contribution in [0.5, 0.6) is 5.88 Å². The van der Waals surface area contributed by atoms with Gasteiger partial charge in [-0.2, -0.15) is 0 Å². The molecule has 2 aromatic heterocycles. The molecule has 4 aromatic rings. The van der Waals surface area contributed by atoms with Gasteiger partial charge in [0.1, 0.15) is 0 Å². The summed E-state index contributed by atoms with van der Waals surface area (Å²) < 4.78 is 0. The zero-order valence-electron chi connectivity index (χ0n) is 20.8. The molecule has 0 amide bonds. The quantitative estimate of drug-likeness (QED) is 0.401. The minimum atomic E-state index is 0.165. The predicted octanol–water partition coefficient (Wildman–Crippen LogP) is 4.01. The van der Waals surface area contributed by atoms with Crippen molar-refractivity contribution in [2.45, 2.75) is 6.54 Å². The van der Waals surface area contributed by atoms with Gasteiger partial charge in [-0.3, -0.25) is 4.98 Å². The first kappa shape index (κ1) is 23.7. The Labute approximate surface area is 210 Å². The number of aromatic amines is 1. The molecule has 0 atom stereocenters. The van der Waals surface area contributed by atoms with E-state index in [4.69, 9.17) is 0 Å². The van der Waals surface area contributed by atoms with Gasteiger partial charge in [0.2, 0.25) is 0 Å². The predicted molar refractivity (Wildman–Crippen MR) is 145 cm³/mol. The summed E-state index contributed by atoms with van der Waals surface area (Å²) in [7, 11) is 6.30. The fourth-order valence-corrected chi connectivity index (χ4v) is 4.29. The minimum Gasteiger partial charge on any atom is -0.494 e. The second-order valence-corrected chi connectivity index (χ2v) is 9.43. The second-order valence-electron chi connectivity index (χ2n) is 9.43. The third kappa shape index (κ3) is 5.27. The van der Waals surface area contributed by atoms with E-state index in [-0.39, 0.29) is 5.88 Å². The Morgan fingerprint density at radius 3 is 2.56 bits per heavy atom. The molecule has 0 aliphatic carbocycles. The van der Waals surface area contributed by atoms with Crippen LogP contribution in [-0.4, -0.2) is 59.1 Å². The first-order valence-corrected chi connectivity index (χ1v) is 12.0. The largest absolute Gasteiger partial charge is 0.494 e. The number of azo groups is 1. The van der Waals surface area contributed by atoms with Crippen LogP contribution in [0.15, 0.2) is 77.2 Å². The van der Waals surface area contributed by atoms with Gasteiger partial charge in [0.25, 0.3) is 0 Å². The highest BCUT2D eigenvalue weighted by molar-refractivity contribution is 5.92. The van der Waals surface area contributed by atoms with Crippen molar-refractivity contribution in [1.82, 2.24) is 19.8 Å². The van der Waals surface area contributed by atoms with Crippen LogP contribution < -0.4 is 10.4 Å². The van der Waals surface area contributed by atoms with E-state index in [0.717, 1.165) is 63.5 Å². The lowest BCUT2D eigenvalue weighted by molar-refractivity contribution is 0.276. The van der Waals surface area contributed by atoms with Crippen LogP contribution >= 0.6 is 0 Å². The zero-order valence-corrected chi connectivity index (χ0v) is 20.8. The highest BCUT2D eigenvalue weighted by Gasteiger charge is 2.11. The molecule has 0 bridgehead atoms. The number of H-pyrrole nitrogens is 1. The molecule has 2 N–H and O–H groups in total.